The smallest absolute Gasteiger partial charge is 0.326 e. The summed E-state index contributed by atoms with van der Waals surface area (Å²) in [5.74, 6) is -2.78. The molecule has 4 N–H and O–H groups in total. The van der Waals surface area contributed by atoms with E-state index in [2.05, 4.69) is 5.32 Å². The average Bonchev–Trinajstić information content (AvgIpc) is 2.28. The molecule has 1 rings (SSSR count). The molecule has 0 radical (unpaired) electrons. The van der Waals surface area contributed by atoms with Crippen molar-refractivity contribution in [2.75, 3.05) is 0 Å². The highest BCUT2D eigenvalue weighted by Crippen LogP contribution is 2.24. The van der Waals surface area contributed by atoms with Crippen LogP contribution in [0.15, 0.2) is 18.2 Å². The second kappa shape index (κ2) is 5.39. The molecule has 1 amide bonds. The number of amides is 1. The van der Waals surface area contributed by atoms with Crippen LogP contribution >= 0.6 is 0 Å². The van der Waals surface area contributed by atoms with Gasteiger partial charge in [0.2, 0.25) is 0 Å². The van der Waals surface area contributed by atoms with Crippen LogP contribution < -0.4 is 5.32 Å². The summed E-state index contributed by atoms with van der Waals surface area (Å²) in [6.07, 6.45) is 0. The van der Waals surface area contributed by atoms with Gasteiger partial charge in [0.25, 0.3) is 5.91 Å². The Hall–Kier alpha value is -2.24. The Morgan fingerprint density at radius 3 is 2.22 bits per heavy atom. The van der Waals surface area contributed by atoms with Gasteiger partial charge < -0.3 is 20.6 Å². The van der Waals surface area contributed by atoms with Gasteiger partial charge in [0.05, 0.1) is 0 Å². The van der Waals surface area contributed by atoms with Crippen molar-refractivity contribution in [3.8, 4) is 11.5 Å². The van der Waals surface area contributed by atoms with Gasteiger partial charge in [-0.3, -0.25) is 4.79 Å². The molecule has 18 heavy (non-hydrogen) atoms. The van der Waals surface area contributed by atoms with Gasteiger partial charge in [-0.1, -0.05) is 13.8 Å². The molecular formula is C12H15NO5. The number of phenolic OH excluding ortho intramolecular Hbond substituents is 2. The molecule has 0 saturated carbocycles. The van der Waals surface area contributed by atoms with Gasteiger partial charge in [-0.15, -0.1) is 0 Å². The zero-order valence-corrected chi connectivity index (χ0v) is 10.0. The molecule has 0 bridgehead atoms. The Bertz CT molecular complexity index is 470. The molecule has 6 heteroatoms. The second-order valence-electron chi connectivity index (χ2n) is 4.24. The Labute approximate surface area is 104 Å². The van der Waals surface area contributed by atoms with E-state index in [1.807, 2.05) is 0 Å². The third-order valence-electron chi connectivity index (χ3n) is 2.46. The summed E-state index contributed by atoms with van der Waals surface area (Å²) in [7, 11) is 0. The lowest BCUT2D eigenvalue weighted by Gasteiger charge is -2.17. The quantitative estimate of drug-likeness (QED) is 0.597. The molecule has 0 aliphatic rings. The van der Waals surface area contributed by atoms with Gasteiger partial charge in [-0.05, 0) is 24.1 Å². The molecule has 0 spiro atoms. The topological polar surface area (TPSA) is 107 Å². The van der Waals surface area contributed by atoms with Gasteiger partial charge in [0, 0.05) is 5.56 Å². The maximum Gasteiger partial charge on any atom is 0.326 e. The summed E-state index contributed by atoms with van der Waals surface area (Å²) in [5, 5.41) is 29.6. The Kier molecular flexibility index (Phi) is 4.14. The molecule has 0 aliphatic carbocycles. The Morgan fingerprint density at radius 2 is 1.78 bits per heavy atom. The van der Waals surface area contributed by atoms with E-state index >= 15 is 0 Å². The van der Waals surface area contributed by atoms with Crippen LogP contribution in [0.25, 0.3) is 0 Å². The first kappa shape index (κ1) is 13.8. The second-order valence-corrected chi connectivity index (χ2v) is 4.24. The summed E-state index contributed by atoms with van der Waals surface area (Å²) in [6, 6.07) is 2.52. The van der Waals surface area contributed by atoms with Crippen LogP contribution in [0.5, 0.6) is 11.5 Å². The van der Waals surface area contributed by atoms with Gasteiger partial charge in [-0.25, -0.2) is 4.79 Å². The lowest BCUT2D eigenvalue weighted by atomic mass is 10.0. The van der Waals surface area contributed by atoms with Gasteiger partial charge >= 0.3 is 5.97 Å². The first-order valence-corrected chi connectivity index (χ1v) is 5.38. The van der Waals surface area contributed by atoms with Crippen LogP contribution in [0.4, 0.5) is 0 Å². The Balaban J connectivity index is 2.87. The number of carboxylic acids is 1. The van der Waals surface area contributed by atoms with Crippen LogP contribution in [0.1, 0.15) is 24.2 Å². The number of phenols is 2. The van der Waals surface area contributed by atoms with E-state index in [4.69, 9.17) is 10.2 Å². The minimum Gasteiger partial charge on any atom is -0.504 e. The number of carbonyl (C=O) groups is 2. The highest BCUT2D eigenvalue weighted by molar-refractivity contribution is 5.97. The van der Waals surface area contributed by atoms with Crippen molar-refractivity contribution in [1.29, 1.82) is 0 Å². The number of carbonyl (C=O) groups excluding carboxylic acids is 1. The molecule has 1 aromatic carbocycles. The first-order valence-electron chi connectivity index (χ1n) is 5.38. The van der Waals surface area contributed by atoms with Gasteiger partial charge in [-0.2, -0.15) is 0 Å². The number of aromatic hydroxyl groups is 2. The largest absolute Gasteiger partial charge is 0.504 e. The average molecular weight is 253 g/mol. The fraction of sp³-hybridized carbons (Fsp3) is 0.333. The van der Waals surface area contributed by atoms with Crippen LogP contribution in [-0.2, 0) is 4.79 Å². The van der Waals surface area contributed by atoms with Crippen molar-refractivity contribution >= 4 is 11.9 Å². The molecule has 0 unspecified atom stereocenters. The summed E-state index contributed by atoms with van der Waals surface area (Å²) in [5.41, 5.74) is 0.0807. The minimum atomic E-state index is -1.12. The highest BCUT2D eigenvalue weighted by atomic mass is 16.4. The lowest BCUT2D eigenvalue weighted by Crippen LogP contribution is -2.44. The summed E-state index contributed by atoms with van der Waals surface area (Å²) >= 11 is 0. The van der Waals surface area contributed by atoms with Crippen LogP contribution in [-0.4, -0.2) is 33.2 Å². The summed E-state index contributed by atoms with van der Waals surface area (Å²) in [6.45, 7) is 3.35. The molecule has 1 atom stereocenters. The van der Waals surface area contributed by atoms with Crippen molar-refractivity contribution in [2.24, 2.45) is 5.92 Å². The zero-order valence-electron chi connectivity index (χ0n) is 10.0. The van der Waals surface area contributed by atoms with Gasteiger partial charge in [0.1, 0.15) is 6.04 Å². The molecule has 98 valence electrons. The number of rotatable bonds is 4. The highest BCUT2D eigenvalue weighted by Gasteiger charge is 2.24. The monoisotopic (exact) mass is 253 g/mol. The van der Waals surface area contributed by atoms with E-state index in [-0.39, 0.29) is 17.2 Å². The van der Waals surface area contributed by atoms with Crippen molar-refractivity contribution in [2.45, 2.75) is 19.9 Å². The van der Waals surface area contributed by atoms with Crippen LogP contribution in [0.2, 0.25) is 0 Å². The van der Waals surface area contributed by atoms with E-state index in [0.717, 1.165) is 12.1 Å². The molecule has 0 aromatic heterocycles. The van der Waals surface area contributed by atoms with Crippen LogP contribution in [0, 0.1) is 5.92 Å². The summed E-state index contributed by atoms with van der Waals surface area (Å²) in [4.78, 5) is 22.7. The van der Waals surface area contributed by atoms with E-state index in [1.165, 1.54) is 6.07 Å². The molecule has 0 aliphatic heterocycles. The minimum absolute atomic E-state index is 0.0807. The first-order chi connectivity index (χ1) is 8.32. The normalized spacial score (nSPS) is 12.2. The summed E-state index contributed by atoms with van der Waals surface area (Å²) < 4.78 is 0. The number of hydrogen-bond acceptors (Lipinski definition) is 4. The number of aliphatic carboxylic acids is 1. The van der Waals surface area contributed by atoms with E-state index in [9.17, 15) is 14.7 Å². The number of benzene rings is 1. The number of nitrogens with one attached hydrogen (secondary N) is 1. The van der Waals surface area contributed by atoms with E-state index < -0.39 is 23.7 Å². The van der Waals surface area contributed by atoms with Crippen LogP contribution in [0.3, 0.4) is 0 Å². The third-order valence-corrected chi connectivity index (χ3v) is 2.46. The fourth-order valence-corrected chi connectivity index (χ4v) is 1.40. The maximum atomic E-state index is 11.8. The predicted octanol–water partition coefficient (Wildman–Crippen LogP) is 0.937. The lowest BCUT2D eigenvalue weighted by molar-refractivity contribution is -0.140. The third kappa shape index (κ3) is 3.13. The molecule has 0 saturated heterocycles. The van der Waals surface area contributed by atoms with Gasteiger partial charge in [0.15, 0.2) is 11.5 Å². The SMILES string of the molecule is CC(C)[C@H](NC(=O)c1ccc(O)c(O)c1)C(=O)O. The maximum absolute atomic E-state index is 11.8. The molecule has 0 fully saturated rings. The van der Waals surface area contributed by atoms with Crippen molar-refractivity contribution in [3.63, 3.8) is 0 Å². The standard InChI is InChI=1S/C12H15NO5/c1-6(2)10(12(17)18)13-11(16)7-3-4-8(14)9(15)5-7/h3-6,10,14-15H,1-2H3,(H,13,16)(H,17,18)/t10-/m0/s1. The number of hydrogen-bond donors (Lipinski definition) is 4. The van der Waals surface area contributed by atoms with E-state index in [1.54, 1.807) is 13.8 Å². The Morgan fingerprint density at radius 1 is 1.17 bits per heavy atom. The molecule has 1 aromatic rings. The van der Waals surface area contributed by atoms with Crippen molar-refractivity contribution in [1.82, 2.24) is 5.32 Å². The molecule has 6 nitrogen and oxygen atoms in total. The number of carboxylic acid groups (broad SMARTS) is 1. The molecule has 0 heterocycles. The zero-order chi connectivity index (χ0) is 13.9. The fourth-order valence-electron chi connectivity index (χ4n) is 1.40. The molecular weight excluding hydrogens is 238 g/mol. The van der Waals surface area contributed by atoms with E-state index in [0.29, 0.717) is 0 Å². The van der Waals surface area contributed by atoms with Crippen molar-refractivity contribution < 1.29 is 24.9 Å². The predicted molar refractivity (Wildman–Crippen MR) is 63.5 cm³/mol. The van der Waals surface area contributed by atoms with Crippen molar-refractivity contribution in [3.05, 3.63) is 23.8 Å².